The lowest BCUT2D eigenvalue weighted by Crippen LogP contribution is -2.82. The van der Waals surface area contributed by atoms with Crippen molar-refractivity contribution in [2.75, 3.05) is 6.54 Å². The predicted molar refractivity (Wildman–Crippen MR) is 74.6 cm³/mol. The molecule has 18 heavy (non-hydrogen) atoms. The van der Waals surface area contributed by atoms with Crippen molar-refractivity contribution in [2.45, 2.75) is 26.3 Å². The predicted octanol–water partition coefficient (Wildman–Crippen LogP) is 3.46. The van der Waals surface area contributed by atoms with Crippen LogP contribution in [0, 0.1) is 0 Å². The van der Waals surface area contributed by atoms with Crippen LogP contribution in [-0.4, -0.2) is 6.54 Å². The largest absolute Gasteiger partial charge is 0.455 e. The van der Waals surface area contributed by atoms with Gasteiger partial charge in [0.15, 0.2) is 5.76 Å². The first-order valence-electron chi connectivity index (χ1n) is 6.46. The van der Waals surface area contributed by atoms with Gasteiger partial charge < -0.3 is 9.73 Å². The zero-order valence-corrected chi connectivity index (χ0v) is 11.4. The van der Waals surface area contributed by atoms with E-state index in [1.165, 1.54) is 12.8 Å². The van der Waals surface area contributed by atoms with Crippen LogP contribution >= 0.6 is 11.6 Å². The van der Waals surface area contributed by atoms with Crippen molar-refractivity contribution in [3.8, 4) is 11.3 Å². The molecule has 1 aromatic heterocycles. The highest BCUT2D eigenvalue weighted by Gasteiger charge is 2.05. The third-order valence-corrected chi connectivity index (χ3v) is 3.15. The van der Waals surface area contributed by atoms with E-state index in [4.69, 9.17) is 16.0 Å². The maximum absolute atomic E-state index is 5.87. The van der Waals surface area contributed by atoms with Gasteiger partial charge in [-0.3, -0.25) is 0 Å². The van der Waals surface area contributed by atoms with Crippen LogP contribution in [0.4, 0.5) is 0 Å². The van der Waals surface area contributed by atoms with Gasteiger partial charge in [-0.05, 0) is 42.8 Å². The molecule has 0 radical (unpaired) electrons. The van der Waals surface area contributed by atoms with Gasteiger partial charge in [-0.25, -0.2) is 0 Å². The second-order valence-corrected chi connectivity index (χ2v) is 4.84. The van der Waals surface area contributed by atoms with Crippen LogP contribution in [0.5, 0.6) is 0 Å². The zero-order valence-electron chi connectivity index (χ0n) is 10.7. The maximum Gasteiger partial charge on any atom is 0.158 e. The molecule has 0 spiro atoms. The van der Waals surface area contributed by atoms with Crippen LogP contribution in [0.15, 0.2) is 40.8 Å². The summed E-state index contributed by atoms with van der Waals surface area (Å²) < 4.78 is 5.82. The van der Waals surface area contributed by atoms with Crippen LogP contribution in [0.3, 0.4) is 0 Å². The Bertz CT molecular complexity index is 475. The van der Waals surface area contributed by atoms with Gasteiger partial charge in [-0.2, -0.15) is 0 Å². The van der Waals surface area contributed by atoms with Crippen LogP contribution in [-0.2, 0) is 6.54 Å². The van der Waals surface area contributed by atoms with Crippen molar-refractivity contribution in [1.82, 2.24) is 0 Å². The summed E-state index contributed by atoms with van der Waals surface area (Å²) in [6, 6.07) is 11.8. The molecule has 1 aromatic carbocycles. The van der Waals surface area contributed by atoms with E-state index in [-0.39, 0.29) is 0 Å². The molecule has 0 fully saturated rings. The van der Waals surface area contributed by atoms with Gasteiger partial charge >= 0.3 is 0 Å². The minimum absolute atomic E-state index is 0.749. The molecule has 0 saturated carbocycles. The number of benzene rings is 1. The number of halogens is 1. The second-order valence-electron chi connectivity index (χ2n) is 4.41. The van der Waals surface area contributed by atoms with Crippen molar-refractivity contribution in [3.63, 3.8) is 0 Å². The number of furan rings is 1. The van der Waals surface area contributed by atoms with Crippen molar-refractivity contribution in [1.29, 1.82) is 0 Å². The first kappa shape index (κ1) is 13.2. The highest BCUT2D eigenvalue weighted by atomic mass is 35.5. The molecule has 1 heterocycles. The zero-order chi connectivity index (χ0) is 12.8. The molecule has 0 aliphatic heterocycles. The number of hydrogen-bond donors (Lipinski definition) is 1. The Labute approximate surface area is 113 Å². The summed E-state index contributed by atoms with van der Waals surface area (Å²) in [7, 11) is 0. The highest BCUT2D eigenvalue weighted by Crippen LogP contribution is 2.23. The lowest BCUT2D eigenvalue weighted by Gasteiger charge is -1.99. The highest BCUT2D eigenvalue weighted by molar-refractivity contribution is 6.30. The maximum atomic E-state index is 5.87. The van der Waals surface area contributed by atoms with E-state index in [2.05, 4.69) is 12.2 Å². The van der Waals surface area contributed by atoms with E-state index in [0.717, 1.165) is 35.2 Å². The lowest BCUT2D eigenvalue weighted by atomic mass is 10.2. The average Bonchev–Trinajstić information content (AvgIpc) is 2.84. The molecule has 0 saturated heterocycles. The van der Waals surface area contributed by atoms with Crippen LogP contribution in [0.25, 0.3) is 11.3 Å². The normalized spacial score (nSPS) is 10.8. The summed E-state index contributed by atoms with van der Waals surface area (Å²) in [4.78, 5) is 0. The van der Waals surface area contributed by atoms with Gasteiger partial charge in [-0.1, -0.05) is 24.9 Å². The van der Waals surface area contributed by atoms with Crippen molar-refractivity contribution < 1.29 is 9.73 Å². The van der Waals surface area contributed by atoms with Gasteiger partial charge in [0.2, 0.25) is 0 Å². The fraction of sp³-hybridized carbons (Fsp3) is 0.333. The molecule has 2 nitrogen and oxygen atoms in total. The fourth-order valence-electron chi connectivity index (χ4n) is 1.85. The summed E-state index contributed by atoms with van der Waals surface area (Å²) in [5, 5.41) is 3.03. The smallest absolute Gasteiger partial charge is 0.158 e. The topological polar surface area (TPSA) is 29.8 Å². The van der Waals surface area contributed by atoms with Crippen molar-refractivity contribution >= 4 is 11.6 Å². The van der Waals surface area contributed by atoms with E-state index < -0.39 is 0 Å². The molecule has 2 N–H and O–H groups in total. The van der Waals surface area contributed by atoms with E-state index in [9.17, 15) is 0 Å². The number of hydrogen-bond acceptors (Lipinski definition) is 1. The standard InChI is InChI=1S/C15H18ClNO/c1-2-3-10-17-11-14-8-9-15(18-14)12-4-6-13(16)7-5-12/h4-9,17H,2-3,10-11H2,1H3/p+1. The SMILES string of the molecule is CCCC[NH2+]Cc1ccc(-c2ccc(Cl)cc2)o1. The molecule has 0 bridgehead atoms. The van der Waals surface area contributed by atoms with Gasteiger partial charge in [0.05, 0.1) is 6.54 Å². The molecule has 2 rings (SSSR count). The Kier molecular flexibility index (Phi) is 4.85. The molecule has 0 unspecified atom stereocenters. The molecule has 96 valence electrons. The molecule has 0 aliphatic carbocycles. The Balaban J connectivity index is 1.95. The average molecular weight is 265 g/mol. The van der Waals surface area contributed by atoms with Gasteiger partial charge in [0.1, 0.15) is 12.3 Å². The van der Waals surface area contributed by atoms with Gasteiger partial charge in [0.25, 0.3) is 0 Å². The lowest BCUT2D eigenvalue weighted by molar-refractivity contribution is -0.672. The van der Waals surface area contributed by atoms with Crippen LogP contribution < -0.4 is 5.32 Å². The minimum atomic E-state index is 0.749. The first-order chi connectivity index (χ1) is 8.79. The molecule has 2 aromatic rings. The number of quaternary nitrogens is 1. The van der Waals surface area contributed by atoms with Gasteiger partial charge in [0, 0.05) is 10.6 Å². The second kappa shape index (κ2) is 6.62. The summed E-state index contributed by atoms with van der Waals surface area (Å²) in [5.41, 5.74) is 1.07. The molecule has 0 amide bonds. The Morgan fingerprint density at radius 1 is 1.11 bits per heavy atom. The summed E-state index contributed by atoms with van der Waals surface area (Å²) in [5.74, 6) is 1.93. The number of rotatable bonds is 6. The van der Waals surface area contributed by atoms with E-state index >= 15 is 0 Å². The molecule has 0 aliphatic rings. The fourth-order valence-corrected chi connectivity index (χ4v) is 1.98. The first-order valence-corrected chi connectivity index (χ1v) is 6.83. The monoisotopic (exact) mass is 264 g/mol. The van der Waals surface area contributed by atoms with E-state index in [1.807, 2.05) is 36.4 Å². The van der Waals surface area contributed by atoms with Crippen molar-refractivity contribution in [2.24, 2.45) is 0 Å². The third-order valence-electron chi connectivity index (χ3n) is 2.90. The molecule has 3 heteroatoms. The Morgan fingerprint density at radius 3 is 2.61 bits per heavy atom. The summed E-state index contributed by atoms with van der Waals surface area (Å²) in [6.07, 6.45) is 2.50. The molecular weight excluding hydrogens is 246 g/mol. The Hall–Kier alpha value is -1.25. The quantitative estimate of drug-likeness (QED) is 0.796. The Morgan fingerprint density at radius 2 is 1.89 bits per heavy atom. The summed E-state index contributed by atoms with van der Waals surface area (Å²) >= 11 is 5.87. The van der Waals surface area contributed by atoms with Crippen LogP contribution in [0.2, 0.25) is 5.02 Å². The number of unbranched alkanes of at least 4 members (excludes halogenated alkanes) is 1. The molecule has 0 atom stereocenters. The molecular formula is C15H19ClNO+. The van der Waals surface area contributed by atoms with Gasteiger partial charge in [-0.15, -0.1) is 0 Å². The third kappa shape index (κ3) is 3.62. The summed E-state index contributed by atoms with van der Waals surface area (Å²) in [6.45, 7) is 4.28. The van der Waals surface area contributed by atoms with Crippen molar-refractivity contribution in [3.05, 3.63) is 47.2 Å². The van der Waals surface area contributed by atoms with Crippen LogP contribution in [0.1, 0.15) is 25.5 Å². The van der Waals surface area contributed by atoms with E-state index in [1.54, 1.807) is 0 Å². The number of nitrogens with two attached hydrogens (primary N) is 1. The minimum Gasteiger partial charge on any atom is -0.455 e. The van der Waals surface area contributed by atoms with E-state index in [0.29, 0.717) is 0 Å².